The van der Waals surface area contributed by atoms with Crippen molar-refractivity contribution in [2.24, 2.45) is 4.99 Å². The molecule has 1 aromatic carbocycles. The third-order valence-electron chi connectivity index (χ3n) is 5.30. The minimum atomic E-state index is 0. The topological polar surface area (TPSA) is 48.9 Å². The number of rotatable bonds is 7. The highest BCUT2D eigenvalue weighted by molar-refractivity contribution is 14.0. The summed E-state index contributed by atoms with van der Waals surface area (Å²) in [4.78, 5) is 7.34. The standard InChI is InChI=1S/C21H34N4OS.HI/c1-3-22-20(24-17-21(2)9-6-14-27-21)23-15-18-7-4-5-8-19(18)16-25-10-12-26-13-11-25;/h4-5,7-8H,3,6,9-17H2,1-2H3,(H2,22,23,24);1H. The molecule has 1 unspecified atom stereocenters. The molecule has 2 heterocycles. The van der Waals surface area contributed by atoms with Crippen LogP contribution in [0.25, 0.3) is 0 Å². The zero-order chi connectivity index (χ0) is 19.0. The predicted molar refractivity (Wildman–Crippen MR) is 131 cm³/mol. The van der Waals surface area contributed by atoms with E-state index in [1.807, 2.05) is 0 Å². The summed E-state index contributed by atoms with van der Waals surface area (Å²) in [5, 5.41) is 6.96. The van der Waals surface area contributed by atoms with E-state index >= 15 is 0 Å². The van der Waals surface area contributed by atoms with Gasteiger partial charge in [0, 0.05) is 37.5 Å². The van der Waals surface area contributed by atoms with Crippen LogP contribution in [0, 0.1) is 0 Å². The van der Waals surface area contributed by atoms with Gasteiger partial charge in [-0.25, -0.2) is 4.99 Å². The van der Waals surface area contributed by atoms with Crippen molar-refractivity contribution in [3.8, 4) is 0 Å². The van der Waals surface area contributed by atoms with Gasteiger partial charge in [-0.15, -0.1) is 24.0 Å². The molecule has 0 bridgehead atoms. The number of nitrogens with zero attached hydrogens (tertiary/aromatic N) is 2. The Labute approximate surface area is 191 Å². The quantitative estimate of drug-likeness (QED) is 0.329. The van der Waals surface area contributed by atoms with Crippen molar-refractivity contribution in [2.75, 3.05) is 45.1 Å². The van der Waals surface area contributed by atoms with Gasteiger partial charge in [0.25, 0.3) is 0 Å². The van der Waals surface area contributed by atoms with Crippen LogP contribution in [-0.2, 0) is 17.8 Å². The molecule has 0 saturated carbocycles. The number of morpholine rings is 1. The summed E-state index contributed by atoms with van der Waals surface area (Å²) < 4.78 is 5.81. The highest BCUT2D eigenvalue weighted by Gasteiger charge is 2.29. The molecule has 1 atom stereocenters. The number of hydrogen-bond acceptors (Lipinski definition) is 4. The van der Waals surface area contributed by atoms with Crippen molar-refractivity contribution in [3.05, 3.63) is 35.4 Å². The number of aliphatic imine (C=N–C) groups is 1. The van der Waals surface area contributed by atoms with Gasteiger partial charge in [-0.3, -0.25) is 4.90 Å². The second-order valence-electron chi connectivity index (χ2n) is 7.61. The van der Waals surface area contributed by atoms with Crippen molar-refractivity contribution >= 4 is 41.7 Å². The van der Waals surface area contributed by atoms with Crippen LogP contribution in [0.3, 0.4) is 0 Å². The second-order valence-corrected chi connectivity index (χ2v) is 9.29. The number of hydrogen-bond donors (Lipinski definition) is 2. The van der Waals surface area contributed by atoms with Gasteiger partial charge in [-0.2, -0.15) is 11.8 Å². The van der Waals surface area contributed by atoms with E-state index in [9.17, 15) is 0 Å². The van der Waals surface area contributed by atoms with Gasteiger partial charge in [0.1, 0.15) is 0 Å². The first-order valence-electron chi connectivity index (χ1n) is 10.2. The molecule has 2 fully saturated rings. The molecule has 7 heteroatoms. The minimum Gasteiger partial charge on any atom is -0.379 e. The van der Waals surface area contributed by atoms with E-state index < -0.39 is 0 Å². The maximum Gasteiger partial charge on any atom is 0.191 e. The number of thioether (sulfide) groups is 1. The zero-order valence-electron chi connectivity index (χ0n) is 17.2. The lowest BCUT2D eigenvalue weighted by Crippen LogP contribution is -2.43. The van der Waals surface area contributed by atoms with Crippen LogP contribution in [0.5, 0.6) is 0 Å². The lowest BCUT2D eigenvalue weighted by molar-refractivity contribution is 0.0341. The third kappa shape index (κ3) is 7.39. The number of ether oxygens (including phenoxy) is 1. The molecule has 0 amide bonds. The molecule has 0 spiro atoms. The third-order valence-corrected chi connectivity index (χ3v) is 6.84. The van der Waals surface area contributed by atoms with E-state index in [4.69, 9.17) is 9.73 Å². The van der Waals surface area contributed by atoms with Gasteiger partial charge in [0.05, 0.1) is 19.8 Å². The maximum absolute atomic E-state index is 5.47. The highest BCUT2D eigenvalue weighted by Crippen LogP contribution is 2.36. The molecular formula is C21H35IN4OS. The molecule has 2 aliphatic heterocycles. The number of halogens is 1. The summed E-state index contributed by atoms with van der Waals surface area (Å²) in [5.74, 6) is 2.20. The van der Waals surface area contributed by atoms with Crippen LogP contribution in [0.15, 0.2) is 29.3 Å². The van der Waals surface area contributed by atoms with Crippen molar-refractivity contribution in [2.45, 2.75) is 44.5 Å². The summed E-state index contributed by atoms with van der Waals surface area (Å²) in [6.07, 6.45) is 2.61. The van der Waals surface area contributed by atoms with Crippen molar-refractivity contribution < 1.29 is 4.74 Å². The van der Waals surface area contributed by atoms with E-state index in [0.29, 0.717) is 11.3 Å². The van der Waals surface area contributed by atoms with Gasteiger partial charge in [-0.1, -0.05) is 24.3 Å². The largest absolute Gasteiger partial charge is 0.379 e. The lowest BCUT2D eigenvalue weighted by Gasteiger charge is -2.27. The van der Waals surface area contributed by atoms with Crippen LogP contribution < -0.4 is 10.6 Å². The summed E-state index contributed by atoms with van der Waals surface area (Å²) in [6.45, 7) is 11.7. The summed E-state index contributed by atoms with van der Waals surface area (Å²) in [6, 6.07) is 8.68. The van der Waals surface area contributed by atoms with Gasteiger partial charge >= 0.3 is 0 Å². The Balaban J connectivity index is 0.00000280. The van der Waals surface area contributed by atoms with Crippen molar-refractivity contribution in [1.29, 1.82) is 0 Å². The SMILES string of the molecule is CCNC(=NCc1ccccc1CN1CCOCC1)NCC1(C)CCCS1.I. The van der Waals surface area contributed by atoms with Crippen LogP contribution >= 0.6 is 35.7 Å². The van der Waals surface area contributed by atoms with Gasteiger partial charge in [0.15, 0.2) is 5.96 Å². The fourth-order valence-corrected chi connectivity index (χ4v) is 4.86. The normalized spacial score (nSPS) is 23.3. The molecule has 3 rings (SSSR count). The molecule has 158 valence electrons. The van der Waals surface area contributed by atoms with E-state index in [2.05, 4.69) is 65.4 Å². The van der Waals surface area contributed by atoms with E-state index in [1.165, 1.54) is 29.7 Å². The van der Waals surface area contributed by atoms with Gasteiger partial charge < -0.3 is 15.4 Å². The molecule has 1 aromatic rings. The Bertz CT molecular complexity index is 616. The molecule has 2 aliphatic rings. The molecular weight excluding hydrogens is 483 g/mol. The predicted octanol–water partition coefficient (Wildman–Crippen LogP) is 3.48. The Kier molecular flexibility index (Phi) is 10.4. The molecule has 0 aliphatic carbocycles. The maximum atomic E-state index is 5.47. The first-order chi connectivity index (χ1) is 13.2. The summed E-state index contributed by atoms with van der Waals surface area (Å²) in [7, 11) is 0. The molecule has 5 nitrogen and oxygen atoms in total. The molecule has 0 radical (unpaired) electrons. The first-order valence-corrected chi connectivity index (χ1v) is 11.2. The van der Waals surface area contributed by atoms with Crippen molar-refractivity contribution in [3.63, 3.8) is 0 Å². The Morgan fingerprint density at radius 3 is 2.64 bits per heavy atom. The summed E-state index contributed by atoms with van der Waals surface area (Å²) in [5.41, 5.74) is 2.68. The Hall–Kier alpha value is -0.510. The lowest BCUT2D eigenvalue weighted by atomic mass is 10.1. The van der Waals surface area contributed by atoms with E-state index in [0.717, 1.165) is 51.9 Å². The minimum absolute atomic E-state index is 0. The van der Waals surface area contributed by atoms with Crippen LogP contribution in [-0.4, -0.2) is 60.8 Å². The van der Waals surface area contributed by atoms with Crippen LogP contribution in [0.2, 0.25) is 0 Å². The first kappa shape index (κ1) is 23.8. The van der Waals surface area contributed by atoms with Crippen molar-refractivity contribution in [1.82, 2.24) is 15.5 Å². The second kappa shape index (κ2) is 12.2. The Morgan fingerprint density at radius 1 is 1.21 bits per heavy atom. The van der Waals surface area contributed by atoms with Crippen LogP contribution in [0.1, 0.15) is 37.8 Å². The van der Waals surface area contributed by atoms with Crippen LogP contribution in [0.4, 0.5) is 0 Å². The highest BCUT2D eigenvalue weighted by atomic mass is 127. The van der Waals surface area contributed by atoms with E-state index in [-0.39, 0.29) is 24.0 Å². The molecule has 28 heavy (non-hydrogen) atoms. The zero-order valence-corrected chi connectivity index (χ0v) is 20.4. The van der Waals surface area contributed by atoms with Gasteiger partial charge in [0.2, 0.25) is 0 Å². The Morgan fingerprint density at radius 2 is 1.96 bits per heavy atom. The molecule has 2 saturated heterocycles. The monoisotopic (exact) mass is 518 g/mol. The smallest absolute Gasteiger partial charge is 0.191 e. The van der Waals surface area contributed by atoms with E-state index in [1.54, 1.807) is 0 Å². The molecule has 2 N–H and O–H groups in total. The number of nitrogens with one attached hydrogen (secondary N) is 2. The fourth-order valence-electron chi connectivity index (χ4n) is 3.62. The fraction of sp³-hybridized carbons (Fsp3) is 0.667. The molecule has 0 aromatic heterocycles. The summed E-state index contributed by atoms with van der Waals surface area (Å²) >= 11 is 2.08. The number of guanidine groups is 1. The average molecular weight is 519 g/mol. The average Bonchev–Trinajstić information content (AvgIpc) is 3.13. The van der Waals surface area contributed by atoms with Gasteiger partial charge in [-0.05, 0) is 43.6 Å². The number of benzene rings is 1.